The van der Waals surface area contributed by atoms with Crippen LogP contribution in [-0.4, -0.2) is 69.9 Å². The highest BCUT2D eigenvalue weighted by Crippen LogP contribution is 1.95. The predicted molar refractivity (Wildman–Crippen MR) is 72.8 cm³/mol. The van der Waals surface area contributed by atoms with Crippen LogP contribution < -0.4 is 4.72 Å². The smallest absolute Gasteiger partial charge is 0.303 e. The lowest BCUT2D eigenvalue weighted by atomic mass is 10.3. The maximum atomic E-state index is 11.6. The first-order valence-electron chi connectivity index (χ1n) is 6.20. The van der Waals surface area contributed by atoms with Gasteiger partial charge in [0, 0.05) is 33.7 Å². The van der Waals surface area contributed by atoms with Crippen LogP contribution in [0.25, 0.3) is 0 Å². The van der Waals surface area contributed by atoms with Gasteiger partial charge in [0.25, 0.3) is 0 Å². The van der Waals surface area contributed by atoms with E-state index < -0.39 is 21.9 Å². The molecule has 1 amide bonds. The Kier molecular flexibility index (Phi) is 9.10. The van der Waals surface area contributed by atoms with Crippen molar-refractivity contribution in [2.24, 2.45) is 0 Å². The van der Waals surface area contributed by atoms with Gasteiger partial charge in [-0.25, -0.2) is 13.1 Å². The number of nitrogens with zero attached hydrogens (tertiary/aromatic N) is 1. The van der Waals surface area contributed by atoms with Gasteiger partial charge >= 0.3 is 5.97 Å². The molecule has 0 unspecified atom stereocenters. The summed E-state index contributed by atoms with van der Waals surface area (Å²) in [5.74, 6) is -1.42. The van der Waals surface area contributed by atoms with Crippen LogP contribution in [0.4, 0.5) is 0 Å². The van der Waals surface area contributed by atoms with Crippen LogP contribution >= 0.6 is 0 Å². The molecule has 0 aromatic rings. The average molecular weight is 310 g/mol. The number of carbonyl (C=O) groups excluding carboxylic acids is 1. The molecule has 0 aliphatic heterocycles. The van der Waals surface area contributed by atoms with Crippen molar-refractivity contribution in [3.63, 3.8) is 0 Å². The van der Waals surface area contributed by atoms with E-state index in [1.165, 1.54) is 19.1 Å². The molecule has 2 N–H and O–H groups in total. The number of ether oxygens (including phenoxy) is 1. The molecule has 0 saturated heterocycles. The van der Waals surface area contributed by atoms with Crippen LogP contribution in [0.1, 0.15) is 19.3 Å². The van der Waals surface area contributed by atoms with E-state index in [1.807, 2.05) is 0 Å². The number of hydrogen-bond donors (Lipinski definition) is 2. The van der Waals surface area contributed by atoms with Crippen molar-refractivity contribution in [3.8, 4) is 0 Å². The van der Waals surface area contributed by atoms with Gasteiger partial charge in [0.15, 0.2) is 0 Å². The lowest BCUT2D eigenvalue weighted by Gasteiger charge is -2.17. The topological polar surface area (TPSA) is 113 Å². The zero-order valence-electron chi connectivity index (χ0n) is 11.8. The maximum absolute atomic E-state index is 11.6. The minimum absolute atomic E-state index is 0.0274. The molecule has 9 heteroatoms. The number of aliphatic carboxylic acids is 1. The largest absolute Gasteiger partial charge is 0.481 e. The summed E-state index contributed by atoms with van der Waals surface area (Å²) >= 11 is 0. The fourth-order valence-electron chi connectivity index (χ4n) is 1.36. The van der Waals surface area contributed by atoms with E-state index >= 15 is 0 Å². The van der Waals surface area contributed by atoms with E-state index in [1.54, 1.807) is 0 Å². The number of hydrogen-bond acceptors (Lipinski definition) is 5. The third kappa shape index (κ3) is 9.70. The van der Waals surface area contributed by atoms with E-state index in [-0.39, 0.29) is 25.3 Å². The molecule has 0 aliphatic rings. The molecular weight excluding hydrogens is 288 g/mol. The number of carboxylic acid groups (broad SMARTS) is 1. The van der Waals surface area contributed by atoms with Crippen molar-refractivity contribution in [2.75, 3.05) is 39.6 Å². The van der Waals surface area contributed by atoms with Gasteiger partial charge < -0.3 is 14.7 Å². The van der Waals surface area contributed by atoms with Crippen molar-refractivity contribution in [1.82, 2.24) is 9.62 Å². The molecule has 0 radical (unpaired) electrons. The zero-order valence-corrected chi connectivity index (χ0v) is 12.6. The Morgan fingerprint density at radius 2 is 1.95 bits per heavy atom. The second-order valence-corrected chi connectivity index (χ2v) is 6.23. The van der Waals surface area contributed by atoms with Crippen LogP contribution in [0.2, 0.25) is 0 Å². The fourth-order valence-corrected chi connectivity index (χ4v) is 2.35. The first kappa shape index (κ1) is 18.8. The summed E-state index contributed by atoms with van der Waals surface area (Å²) < 4.78 is 30.0. The summed E-state index contributed by atoms with van der Waals surface area (Å²) in [5, 5.41) is 8.47. The van der Waals surface area contributed by atoms with Gasteiger partial charge in [-0.05, 0) is 12.8 Å². The summed E-state index contributed by atoms with van der Waals surface area (Å²) in [5.41, 5.74) is 0. The normalized spacial score (nSPS) is 11.3. The fraction of sp³-hybridized carbons (Fsp3) is 0.818. The SMILES string of the molecule is COCCCS(=O)(=O)NCC(=O)N(C)CCCC(=O)O. The molecule has 8 nitrogen and oxygen atoms in total. The molecule has 0 saturated carbocycles. The molecule has 0 aliphatic carbocycles. The van der Waals surface area contributed by atoms with Gasteiger partial charge in [-0.15, -0.1) is 0 Å². The van der Waals surface area contributed by atoms with Crippen LogP contribution in [0.5, 0.6) is 0 Å². The Morgan fingerprint density at radius 3 is 2.50 bits per heavy atom. The molecule has 0 aromatic heterocycles. The first-order valence-corrected chi connectivity index (χ1v) is 7.85. The number of likely N-dealkylation sites (N-methyl/N-ethyl adjacent to an activating group) is 1. The minimum atomic E-state index is -3.49. The predicted octanol–water partition coefficient (Wildman–Crippen LogP) is -0.734. The summed E-state index contributed by atoms with van der Waals surface area (Å²) in [6.07, 6.45) is 0.660. The molecule has 0 atom stereocenters. The summed E-state index contributed by atoms with van der Waals surface area (Å²) in [4.78, 5) is 23.3. The van der Waals surface area contributed by atoms with E-state index in [2.05, 4.69) is 4.72 Å². The number of amides is 1. The number of nitrogens with one attached hydrogen (secondary N) is 1. The van der Waals surface area contributed by atoms with Gasteiger partial charge in [0.1, 0.15) is 0 Å². The Hall–Kier alpha value is -1.19. The van der Waals surface area contributed by atoms with Gasteiger partial charge in [-0.2, -0.15) is 0 Å². The number of methoxy groups -OCH3 is 1. The van der Waals surface area contributed by atoms with Crippen LogP contribution in [0, 0.1) is 0 Å². The third-order valence-electron chi connectivity index (χ3n) is 2.51. The summed E-state index contributed by atoms with van der Waals surface area (Å²) in [6.45, 7) is 0.291. The highest BCUT2D eigenvalue weighted by atomic mass is 32.2. The Morgan fingerprint density at radius 1 is 1.30 bits per heavy atom. The molecule has 0 spiro atoms. The van der Waals surface area contributed by atoms with Crippen molar-refractivity contribution >= 4 is 21.9 Å². The van der Waals surface area contributed by atoms with Crippen molar-refractivity contribution in [1.29, 1.82) is 0 Å². The Labute approximate surface area is 119 Å². The summed E-state index contributed by atoms with van der Waals surface area (Å²) in [6, 6.07) is 0. The summed E-state index contributed by atoms with van der Waals surface area (Å²) in [7, 11) is -0.503. The maximum Gasteiger partial charge on any atom is 0.303 e. The second-order valence-electron chi connectivity index (χ2n) is 4.30. The van der Waals surface area contributed by atoms with Crippen molar-refractivity contribution in [3.05, 3.63) is 0 Å². The van der Waals surface area contributed by atoms with Gasteiger partial charge in [-0.3, -0.25) is 9.59 Å². The van der Waals surface area contributed by atoms with Crippen molar-refractivity contribution in [2.45, 2.75) is 19.3 Å². The van der Waals surface area contributed by atoms with Gasteiger partial charge in [-0.1, -0.05) is 0 Å². The quantitative estimate of drug-likeness (QED) is 0.486. The molecule has 0 heterocycles. The number of carbonyl (C=O) groups is 2. The molecule has 0 rings (SSSR count). The highest BCUT2D eigenvalue weighted by Gasteiger charge is 2.14. The molecule has 0 fully saturated rings. The average Bonchev–Trinajstić information content (AvgIpc) is 2.35. The van der Waals surface area contributed by atoms with Crippen LogP contribution in [0.15, 0.2) is 0 Å². The monoisotopic (exact) mass is 310 g/mol. The van der Waals surface area contributed by atoms with Gasteiger partial charge in [0.2, 0.25) is 15.9 Å². The molecule has 0 bridgehead atoms. The van der Waals surface area contributed by atoms with E-state index in [0.29, 0.717) is 19.4 Å². The standard InChI is InChI=1S/C11H22N2O6S/c1-13(6-3-5-11(15)16)10(14)9-12-20(17,18)8-4-7-19-2/h12H,3-9H2,1-2H3,(H,15,16). The number of carboxylic acids is 1. The lowest BCUT2D eigenvalue weighted by Crippen LogP contribution is -2.39. The zero-order chi connectivity index (χ0) is 15.6. The highest BCUT2D eigenvalue weighted by molar-refractivity contribution is 7.89. The Balaban J connectivity index is 3.98. The van der Waals surface area contributed by atoms with E-state index in [9.17, 15) is 18.0 Å². The van der Waals surface area contributed by atoms with Gasteiger partial charge in [0.05, 0.1) is 12.3 Å². The second kappa shape index (κ2) is 9.67. The lowest BCUT2D eigenvalue weighted by molar-refractivity contribution is -0.137. The van der Waals surface area contributed by atoms with E-state index in [0.717, 1.165) is 0 Å². The van der Waals surface area contributed by atoms with Crippen molar-refractivity contribution < 1.29 is 27.9 Å². The number of sulfonamides is 1. The third-order valence-corrected chi connectivity index (χ3v) is 3.93. The van der Waals surface area contributed by atoms with E-state index in [4.69, 9.17) is 9.84 Å². The first-order chi connectivity index (χ1) is 9.28. The number of rotatable bonds is 11. The molecular formula is C11H22N2O6S. The molecule has 0 aromatic carbocycles. The minimum Gasteiger partial charge on any atom is -0.481 e. The Bertz CT molecular complexity index is 409. The molecule has 20 heavy (non-hydrogen) atoms. The van der Waals surface area contributed by atoms with Crippen LogP contribution in [0.3, 0.4) is 0 Å². The van der Waals surface area contributed by atoms with Crippen LogP contribution in [-0.2, 0) is 24.3 Å². The molecule has 118 valence electrons.